The van der Waals surface area contributed by atoms with Gasteiger partial charge in [-0.15, -0.1) is 0 Å². The van der Waals surface area contributed by atoms with Crippen LogP contribution in [0.5, 0.6) is 5.75 Å². The van der Waals surface area contributed by atoms with Crippen LogP contribution in [-0.4, -0.2) is 25.9 Å². The van der Waals surface area contributed by atoms with E-state index in [-0.39, 0.29) is 0 Å². The summed E-state index contributed by atoms with van der Waals surface area (Å²) in [4.78, 5) is 0. The van der Waals surface area contributed by atoms with E-state index in [9.17, 15) is 0 Å². The molecule has 0 aliphatic carbocycles. The molecule has 3 heteroatoms. The monoisotopic (exact) mass is 237 g/mol. The van der Waals surface area contributed by atoms with Crippen LogP contribution in [0.1, 0.15) is 26.3 Å². The van der Waals surface area contributed by atoms with Crippen molar-refractivity contribution in [1.29, 1.82) is 0 Å². The van der Waals surface area contributed by atoms with Crippen molar-refractivity contribution in [2.75, 3.05) is 19.8 Å². The highest BCUT2D eigenvalue weighted by Crippen LogP contribution is 2.13. The molecule has 0 saturated carbocycles. The Hall–Kier alpha value is -1.06. The van der Waals surface area contributed by atoms with Gasteiger partial charge in [0.2, 0.25) is 0 Å². The Bertz CT molecular complexity index is 315. The summed E-state index contributed by atoms with van der Waals surface area (Å²) in [5.41, 5.74) is 1.24. The zero-order chi connectivity index (χ0) is 12.5. The zero-order valence-corrected chi connectivity index (χ0v) is 11.0. The SMILES string of the molecule is CCOCC(C)NCc1cccc(OCC)c1. The van der Waals surface area contributed by atoms with Crippen molar-refractivity contribution in [2.45, 2.75) is 33.4 Å². The van der Waals surface area contributed by atoms with E-state index in [1.807, 2.05) is 26.0 Å². The average molecular weight is 237 g/mol. The number of hydrogen-bond acceptors (Lipinski definition) is 3. The second kappa shape index (κ2) is 8.09. The van der Waals surface area contributed by atoms with Gasteiger partial charge in [-0.3, -0.25) is 0 Å². The summed E-state index contributed by atoms with van der Waals surface area (Å²) >= 11 is 0. The number of benzene rings is 1. The van der Waals surface area contributed by atoms with Gasteiger partial charge in [-0.2, -0.15) is 0 Å². The molecule has 96 valence electrons. The van der Waals surface area contributed by atoms with E-state index >= 15 is 0 Å². The van der Waals surface area contributed by atoms with Crippen molar-refractivity contribution in [1.82, 2.24) is 5.32 Å². The van der Waals surface area contributed by atoms with E-state index in [4.69, 9.17) is 9.47 Å². The van der Waals surface area contributed by atoms with E-state index in [0.717, 1.165) is 25.5 Å². The first-order chi connectivity index (χ1) is 8.26. The van der Waals surface area contributed by atoms with Crippen LogP contribution in [0.3, 0.4) is 0 Å². The molecule has 17 heavy (non-hydrogen) atoms. The van der Waals surface area contributed by atoms with E-state index in [0.29, 0.717) is 12.6 Å². The molecule has 0 spiro atoms. The highest BCUT2D eigenvalue weighted by Gasteiger charge is 2.02. The van der Waals surface area contributed by atoms with Crippen molar-refractivity contribution < 1.29 is 9.47 Å². The Morgan fingerprint density at radius 1 is 1.24 bits per heavy atom. The molecule has 1 aromatic rings. The summed E-state index contributed by atoms with van der Waals surface area (Å²) in [6.07, 6.45) is 0. The van der Waals surface area contributed by atoms with Gasteiger partial charge in [0.15, 0.2) is 0 Å². The van der Waals surface area contributed by atoms with Gasteiger partial charge in [-0.1, -0.05) is 12.1 Å². The van der Waals surface area contributed by atoms with Crippen LogP contribution in [0.4, 0.5) is 0 Å². The third-order valence-corrected chi connectivity index (χ3v) is 2.44. The van der Waals surface area contributed by atoms with Gasteiger partial charge in [0.05, 0.1) is 13.2 Å². The first-order valence-electron chi connectivity index (χ1n) is 6.29. The van der Waals surface area contributed by atoms with E-state index in [1.54, 1.807) is 0 Å². The largest absolute Gasteiger partial charge is 0.494 e. The Morgan fingerprint density at radius 3 is 2.76 bits per heavy atom. The fraction of sp³-hybridized carbons (Fsp3) is 0.571. The molecule has 0 radical (unpaired) electrons. The minimum absolute atomic E-state index is 0.366. The fourth-order valence-corrected chi connectivity index (χ4v) is 1.56. The maximum Gasteiger partial charge on any atom is 0.119 e. The Kier molecular flexibility index (Phi) is 6.67. The molecule has 0 amide bonds. The van der Waals surface area contributed by atoms with Crippen molar-refractivity contribution in [3.05, 3.63) is 29.8 Å². The number of ether oxygens (including phenoxy) is 2. The molecule has 3 nitrogen and oxygen atoms in total. The molecule has 0 heterocycles. The first-order valence-corrected chi connectivity index (χ1v) is 6.29. The van der Waals surface area contributed by atoms with Crippen LogP contribution < -0.4 is 10.1 Å². The molecule has 1 unspecified atom stereocenters. The molecule has 0 aliphatic heterocycles. The lowest BCUT2D eigenvalue weighted by molar-refractivity contribution is 0.127. The quantitative estimate of drug-likeness (QED) is 0.754. The minimum Gasteiger partial charge on any atom is -0.494 e. The predicted molar refractivity (Wildman–Crippen MR) is 70.4 cm³/mol. The van der Waals surface area contributed by atoms with Crippen molar-refractivity contribution in [3.63, 3.8) is 0 Å². The zero-order valence-electron chi connectivity index (χ0n) is 11.0. The smallest absolute Gasteiger partial charge is 0.119 e. The van der Waals surface area contributed by atoms with E-state index in [2.05, 4.69) is 24.4 Å². The Morgan fingerprint density at radius 2 is 2.06 bits per heavy atom. The summed E-state index contributed by atoms with van der Waals surface area (Å²) in [7, 11) is 0. The van der Waals surface area contributed by atoms with Gasteiger partial charge in [0.1, 0.15) is 5.75 Å². The van der Waals surface area contributed by atoms with Gasteiger partial charge < -0.3 is 14.8 Å². The molecule has 0 bridgehead atoms. The number of rotatable bonds is 8. The van der Waals surface area contributed by atoms with Crippen LogP contribution in [0.25, 0.3) is 0 Å². The van der Waals surface area contributed by atoms with Gasteiger partial charge in [0.25, 0.3) is 0 Å². The average Bonchev–Trinajstić information content (AvgIpc) is 2.35. The minimum atomic E-state index is 0.366. The summed E-state index contributed by atoms with van der Waals surface area (Å²) in [6.45, 7) is 9.20. The highest BCUT2D eigenvalue weighted by molar-refractivity contribution is 5.28. The van der Waals surface area contributed by atoms with Gasteiger partial charge >= 0.3 is 0 Å². The third kappa shape index (κ3) is 5.71. The third-order valence-electron chi connectivity index (χ3n) is 2.44. The van der Waals surface area contributed by atoms with Gasteiger partial charge in [-0.25, -0.2) is 0 Å². The van der Waals surface area contributed by atoms with Crippen LogP contribution in [0.2, 0.25) is 0 Å². The molecule has 1 N–H and O–H groups in total. The normalized spacial score (nSPS) is 12.4. The number of nitrogens with one attached hydrogen (secondary N) is 1. The summed E-state index contributed by atoms with van der Waals surface area (Å²) in [5, 5.41) is 3.42. The maximum atomic E-state index is 5.47. The summed E-state index contributed by atoms with van der Waals surface area (Å²) in [5.74, 6) is 0.935. The lowest BCUT2D eigenvalue weighted by Crippen LogP contribution is -2.30. The van der Waals surface area contributed by atoms with Crippen molar-refractivity contribution in [2.24, 2.45) is 0 Å². The molecule has 0 saturated heterocycles. The van der Waals surface area contributed by atoms with Crippen molar-refractivity contribution >= 4 is 0 Å². The second-order valence-corrected chi connectivity index (χ2v) is 4.02. The standard InChI is InChI=1S/C14H23NO2/c1-4-16-11-12(3)15-10-13-7-6-8-14(9-13)17-5-2/h6-9,12,15H,4-5,10-11H2,1-3H3. The van der Waals surface area contributed by atoms with Crippen LogP contribution >= 0.6 is 0 Å². The molecular formula is C14H23NO2. The van der Waals surface area contributed by atoms with Crippen LogP contribution in [0, 0.1) is 0 Å². The highest BCUT2D eigenvalue weighted by atomic mass is 16.5. The molecule has 0 aromatic heterocycles. The van der Waals surface area contributed by atoms with Crippen LogP contribution in [-0.2, 0) is 11.3 Å². The molecule has 1 atom stereocenters. The predicted octanol–water partition coefficient (Wildman–Crippen LogP) is 2.60. The Balaban J connectivity index is 2.37. The fourth-order valence-electron chi connectivity index (χ4n) is 1.56. The molecular weight excluding hydrogens is 214 g/mol. The molecule has 0 aliphatic rings. The molecule has 1 rings (SSSR count). The molecule has 0 fully saturated rings. The number of hydrogen-bond donors (Lipinski definition) is 1. The van der Waals surface area contributed by atoms with E-state index in [1.165, 1.54) is 5.56 Å². The summed E-state index contributed by atoms with van der Waals surface area (Å²) in [6, 6.07) is 8.55. The van der Waals surface area contributed by atoms with Gasteiger partial charge in [-0.05, 0) is 38.5 Å². The first kappa shape index (κ1) is 14.0. The van der Waals surface area contributed by atoms with Gasteiger partial charge in [0, 0.05) is 19.2 Å². The van der Waals surface area contributed by atoms with E-state index < -0.39 is 0 Å². The summed E-state index contributed by atoms with van der Waals surface area (Å²) < 4.78 is 10.8. The molecule has 1 aromatic carbocycles. The van der Waals surface area contributed by atoms with Crippen molar-refractivity contribution in [3.8, 4) is 5.75 Å². The van der Waals surface area contributed by atoms with Crippen LogP contribution in [0.15, 0.2) is 24.3 Å². The lowest BCUT2D eigenvalue weighted by Gasteiger charge is -2.14. The Labute approximate surface area is 104 Å². The second-order valence-electron chi connectivity index (χ2n) is 4.02. The topological polar surface area (TPSA) is 30.5 Å². The maximum absolute atomic E-state index is 5.47. The lowest BCUT2D eigenvalue weighted by atomic mass is 10.2.